The summed E-state index contributed by atoms with van der Waals surface area (Å²) in [5.74, 6) is 2.85. The lowest BCUT2D eigenvalue weighted by Crippen LogP contribution is -2.33. The van der Waals surface area contributed by atoms with E-state index in [4.69, 9.17) is 4.42 Å². The maximum Gasteiger partial charge on any atom is 0.341 e. The van der Waals surface area contributed by atoms with E-state index in [0.717, 1.165) is 11.5 Å². The molecule has 1 atom stereocenters. The highest BCUT2D eigenvalue weighted by Gasteiger charge is 2.14. The summed E-state index contributed by atoms with van der Waals surface area (Å²) in [6.45, 7) is 0.669. The minimum atomic E-state index is -0.353. The number of hydrogen-bond acceptors (Lipinski definition) is 5. The van der Waals surface area contributed by atoms with Gasteiger partial charge in [0.15, 0.2) is 0 Å². The summed E-state index contributed by atoms with van der Waals surface area (Å²) < 4.78 is 9.93. The number of rotatable bonds is 4. The van der Waals surface area contributed by atoms with Crippen LogP contribution in [0.2, 0.25) is 0 Å². The van der Waals surface area contributed by atoms with Crippen LogP contribution in [0.4, 0.5) is 0 Å². The lowest BCUT2D eigenvalue weighted by atomic mass is 10.2. The van der Waals surface area contributed by atoms with Crippen molar-refractivity contribution in [3.63, 3.8) is 0 Å². The molecule has 0 aromatic carbocycles. The third kappa shape index (κ3) is 3.51. The fourth-order valence-electron chi connectivity index (χ4n) is 1.84. The first-order valence-corrected chi connectivity index (χ1v) is 6.92. The highest BCUT2D eigenvalue weighted by Crippen LogP contribution is 2.17. The van der Waals surface area contributed by atoms with Gasteiger partial charge < -0.3 is 14.5 Å². The molecule has 0 bridgehead atoms. The summed E-state index contributed by atoms with van der Waals surface area (Å²) in [5, 5.41) is 3.44. The molecule has 0 radical (unpaired) electrons. The smallest absolute Gasteiger partial charge is 0.341 e. The van der Waals surface area contributed by atoms with Gasteiger partial charge in [0.05, 0.1) is 19.2 Å². The van der Waals surface area contributed by atoms with Crippen LogP contribution >= 0.6 is 11.8 Å². The molecule has 0 aliphatic carbocycles. The van der Waals surface area contributed by atoms with Crippen molar-refractivity contribution in [3.05, 3.63) is 23.7 Å². The maximum atomic E-state index is 11.2. The van der Waals surface area contributed by atoms with E-state index in [1.54, 1.807) is 6.07 Å². The van der Waals surface area contributed by atoms with Crippen LogP contribution in [0.15, 0.2) is 16.7 Å². The molecule has 1 aromatic rings. The summed E-state index contributed by atoms with van der Waals surface area (Å²) in [4.78, 5) is 11.2. The molecular formula is C12H17NO3S. The van der Waals surface area contributed by atoms with Crippen molar-refractivity contribution in [1.29, 1.82) is 0 Å². The van der Waals surface area contributed by atoms with Gasteiger partial charge in [0.2, 0.25) is 0 Å². The number of ether oxygens (including phenoxy) is 1. The number of carbonyl (C=O) groups is 1. The van der Waals surface area contributed by atoms with Crippen LogP contribution in [0.3, 0.4) is 0 Å². The standard InChI is InChI=1S/C12H17NO3S/c1-15-12(14)9-5-11(16-7-9)6-13-10-3-2-4-17-8-10/h5,7,10,13H,2-4,6,8H2,1H3. The number of nitrogens with one attached hydrogen (secondary N) is 1. The van der Waals surface area contributed by atoms with Gasteiger partial charge in [-0.25, -0.2) is 4.79 Å². The second-order valence-corrected chi connectivity index (χ2v) is 5.24. The molecule has 5 heteroatoms. The molecule has 1 N–H and O–H groups in total. The first kappa shape index (κ1) is 12.5. The number of carbonyl (C=O) groups excluding carboxylic acids is 1. The van der Waals surface area contributed by atoms with Crippen LogP contribution in [-0.4, -0.2) is 30.6 Å². The predicted octanol–water partition coefficient (Wildman–Crippen LogP) is 2.05. The second-order valence-electron chi connectivity index (χ2n) is 4.09. The van der Waals surface area contributed by atoms with Gasteiger partial charge in [0, 0.05) is 11.8 Å². The largest absolute Gasteiger partial charge is 0.467 e. The zero-order valence-corrected chi connectivity index (χ0v) is 10.7. The molecule has 1 fully saturated rings. The molecule has 1 aliphatic rings. The minimum Gasteiger partial charge on any atom is -0.467 e. The molecule has 1 aliphatic heterocycles. The van der Waals surface area contributed by atoms with Gasteiger partial charge in [0.1, 0.15) is 12.0 Å². The first-order chi connectivity index (χ1) is 8.29. The van der Waals surface area contributed by atoms with E-state index in [1.807, 2.05) is 11.8 Å². The lowest BCUT2D eigenvalue weighted by Gasteiger charge is -2.21. The van der Waals surface area contributed by atoms with E-state index in [0.29, 0.717) is 18.2 Å². The first-order valence-electron chi connectivity index (χ1n) is 5.76. The minimum absolute atomic E-state index is 0.353. The van der Waals surface area contributed by atoms with Gasteiger partial charge in [-0.2, -0.15) is 11.8 Å². The zero-order chi connectivity index (χ0) is 12.1. The fourth-order valence-corrected chi connectivity index (χ4v) is 2.95. The van der Waals surface area contributed by atoms with Crippen LogP contribution in [0, 0.1) is 0 Å². The Labute approximate surface area is 105 Å². The van der Waals surface area contributed by atoms with Crippen LogP contribution in [0.1, 0.15) is 29.0 Å². The highest BCUT2D eigenvalue weighted by atomic mass is 32.2. The van der Waals surface area contributed by atoms with Crippen molar-refractivity contribution in [2.75, 3.05) is 18.6 Å². The fraction of sp³-hybridized carbons (Fsp3) is 0.583. The van der Waals surface area contributed by atoms with Gasteiger partial charge in [-0.15, -0.1) is 0 Å². The van der Waals surface area contributed by atoms with Crippen LogP contribution in [-0.2, 0) is 11.3 Å². The summed E-state index contributed by atoms with van der Waals surface area (Å²) in [6, 6.07) is 2.29. The average Bonchev–Trinajstić information content (AvgIpc) is 2.85. The SMILES string of the molecule is COC(=O)c1coc(CNC2CCCSC2)c1. The number of thioether (sulfide) groups is 1. The number of methoxy groups -OCH3 is 1. The summed E-state index contributed by atoms with van der Waals surface area (Å²) in [6.07, 6.45) is 3.93. The number of furan rings is 1. The van der Waals surface area contributed by atoms with Crippen LogP contribution < -0.4 is 5.32 Å². The molecule has 4 nitrogen and oxygen atoms in total. The highest BCUT2D eigenvalue weighted by molar-refractivity contribution is 7.99. The number of hydrogen-bond donors (Lipinski definition) is 1. The van der Waals surface area contributed by atoms with Gasteiger partial charge in [-0.1, -0.05) is 0 Å². The Morgan fingerprint density at radius 1 is 1.71 bits per heavy atom. The van der Waals surface area contributed by atoms with E-state index >= 15 is 0 Å². The van der Waals surface area contributed by atoms with Gasteiger partial charge in [-0.05, 0) is 24.7 Å². The number of esters is 1. The molecule has 94 valence electrons. The van der Waals surface area contributed by atoms with Crippen molar-refractivity contribution in [2.24, 2.45) is 0 Å². The van der Waals surface area contributed by atoms with Crippen molar-refractivity contribution < 1.29 is 13.9 Å². The summed E-state index contributed by atoms with van der Waals surface area (Å²) in [5.41, 5.74) is 0.474. The Kier molecular flexibility index (Phi) is 4.50. The van der Waals surface area contributed by atoms with E-state index in [9.17, 15) is 4.79 Å². The van der Waals surface area contributed by atoms with E-state index in [-0.39, 0.29) is 5.97 Å². The molecule has 17 heavy (non-hydrogen) atoms. The zero-order valence-electron chi connectivity index (χ0n) is 9.90. The van der Waals surface area contributed by atoms with Crippen molar-refractivity contribution >= 4 is 17.7 Å². The molecular weight excluding hydrogens is 238 g/mol. The summed E-state index contributed by atoms with van der Waals surface area (Å²) in [7, 11) is 1.37. The quantitative estimate of drug-likeness (QED) is 0.834. The normalized spacial score (nSPS) is 20.2. The molecule has 2 heterocycles. The maximum absolute atomic E-state index is 11.2. The van der Waals surface area contributed by atoms with Crippen molar-refractivity contribution in [1.82, 2.24) is 5.32 Å². The Balaban J connectivity index is 1.82. The van der Waals surface area contributed by atoms with Crippen LogP contribution in [0.5, 0.6) is 0 Å². The average molecular weight is 255 g/mol. The lowest BCUT2D eigenvalue weighted by molar-refractivity contribution is 0.0600. The van der Waals surface area contributed by atoms with E-state index in [1.165, 1.54) is 32.0 Å². The van der Waals surface area contributed by atoms with Gasteiger partial charge in [0.25, 0.3) is 0 Å². The predicted molar refractivity (Wildman–Crippen MR) is 67.2 cm³/mol. The van der Waals surface area contributed by atoms with Crippen molar-refractivity contribution in [3.8, 4) is 0 Å². The van der Waals surface area contributed by atoms with E-state index in [2.05, 4.69) is 10.1 Å². The summed E-state index contributed by atoms with van der Waals surface area (Å²) >= 11 is 1.98. The molecule has 1 aromatic heterocycles. The van der Waals surface area contributed by atoms with E-state index < -0.39 is 0 Å². The Morgan fingerprint density at radius 3 is 3.29 bits per heavy atom. The Bertz CT molecular complexity index is 372. The molecule has 0 saturated carbocycles. The second kappa shape index (κ2) is 6.12. The van der Waals surface area contributed by atoms with Gasteiger partial charge >= 0.3 is 5.97 Å². The third-order valence-electron chi connectivity index (χ3n) is 2.80. The Morgan fingerprint density at radius 2 is 2.59 bits per heavy atom. The monoisotopic (exact) mass is 255 g/mol. The van der Waals surface area contributed by atoms with Crippen molar-refractivity contribution in [2.45, 2.75) is 25.4 Å². The Hall–Kier alpha value is -0.940. The molecule has 1 saturated heterocycles. The topological polar surface area (TPSA) is 51.5 Å². The molecule has 0 spiro atoms. The molecule has 0 amide bonds. The van der Waals surface area contributed by atoms with Gasteiger partial charge in [-0.3, -0.25) is 0 Å². The third-order valence-corrected chi connectivity index (χ3v) is 4.02. The molecule has 1 unspecified atom stereocenters. The van der Waals surface area contributed by atoms with Crippen LogP contribution in [0.25, 0.3) is 0 Å². The molecule has 2 rings (SSSR count).